The van der Waals surface area contributed by atoms with Crippen molar-refractivity contribution in [1.82, 2.24) is 14.5 Å². The van der Waals surface area contributed by atoms with Gasteiger partial charge in [0.2, 0.25) is 5.95 Å². The van der Waals surface area contributed by atoms with E-state index in [-0.39, 0.29) is 0 Å². The van der Waals surface area contributed by atoms with Gasteiger partial charge in [-0.1, -0.05) is 119 Å². The Bertz CT molecular complexity index is 2210. The highest BCUT2D eigenvalue weighted by Gasteiger charge is 2.19. The monoisotopic (exact) mass is 575 g/mol. The van der Waals surface area contributed by atoms with Gasteiger partial charge in [0.15, 0.2) is 0 Å². The molecule has 0 aliphatic rings. The molecule has 2 aromatic heterocycles. The first-order valence-corrected chi connectivity index (χ1v) is 14.1. The summed E-state index contributed by atoms with van der Waals surface area (Å²) in [5.41, 5.74) is 7.46. The van der Waals surface area contributed by atoms with Crippen molar-refractivity contribution in [2.75, 3.05) is 0 Å². The Kier molecular flexibility index (Phi) is 5.29. The molecule has 0 bridgehead atoms. The van der Waals surface area contributed by atoms with Gasteiger partial charge in [-0.3, -0.25) is 4.57 Å². The van der Waals surface area contributed by atoms with Crippen molar-refractivity contribution in [3.63, 3.8) is 0 Å². The van der Waals surface area contributed by atoms with Gasteiger partial charge in [-0.15, -0.1) is 0 Å². The molecule has 0 saturated carbocycles. The zero-order valence-electron chi connectivity index (χ0n) is 21.4. The Morgan fingerprint density at radius 2 is 1.18 bits per heavy atom. The summed E-state index contributed by atoms with van der Waals surface area (Å²) in [7, 11) is 0. The highest BCUT2D eigenvalue weighted by Crippen LogP contribution is 2.38. The van der Waals surface area contributed by atoms with Gasteiger partial charge in [0.05, 0.1) is 22.2 Å². The lowest BCUT2D eigenvalue weighted by atomic mass is 10.0. The van der Waals surface area contributed by atoms with Crippen LogP contribution in [-0.4, -0.2) is 14.5 Å². The Hall–Kier alpha value is -4.80. The van der Waals surface area contributed by atoms with E-state index in [4.69, 9.17) is 9.97 Å². The number of fused-ring (bicyclic) bond motifs is 6. The fourth-order valence-corrected chi connectivity index (χ4v) is 6.17. The van der Waals surface area contributed by atoms with E-state index in [1.165, 1.54) is 32.7 Å². The molecule has 0 N–H and O–H groups in total. The molecule has 0 radical (unpaired) electrons. The molecule has 0 aliphatic carbocycles. The smallest absolute Gasteiger partial charge is 0.235 e. The molecule has 0 atom stereocenters. The number of nitrogens with zero attached hydrogens (tertiary/aromatic N) is 3. The van der Waals surface area contributed by atoms with Gasteiger partial charge in [0, 0.05) is 26.2 Å². The van der Waals surface area contributed by atoms with E-state index in [9.17, 15) is 0 Å². The highest BCUT2D eigenvalue weighted by atomic mass is 79.9. The summed E-state index contributed by atoms with van der Waals surface area (Å²) < 4.78 is 3.25. The largest absolute Gasteiger partial charge is 0.278 e. The van der Waals surface area contributed by atoms with Crippen LogP contribution in [0.5, 0.6) is 0 Å². The second-order valence-corrected chi connectivity index (χ2v) is 10.9. The third-order valence-corrected chi connectivity index (χ3v) is 8.17. The van der Waals surface area contributed by atoms with Crippen molar-refractivity contribution in [3.8, 4) is 28.3 Å². The molecule has 40 heavy (non-hydrogen) atoms. The van der Waals surface area contributed by atoms with E-state index in [0.717, 1.165) is 37.7 Å². The third kappa shape index (κ3) is 3.64. The second-order valence-electron chi connectivity index (χ2n) is 10.0. The predicted molar refractivity (Wildman–Crippen MR) is 170 cm³/mol. The molecule has 0 fully saturated rings. The average Bonchev–Trinajstić information content (AvgIpc) is 3.35. The molecule has 4 heteroatoms. The molecule has 6 aromatic carbocycles. The van der Waals surface area contributed by atoms with E-state index in [1.807, 2.05) is 12.1 Å². The van der Waals surface area contributed by atoms with Gasteiger partial charge < -0.3 is 0 Å². The maximum Gasteiger partial charge on any atom is 0.235 e. The molecule has 0 aliphatic heterocycles. The van der Waals surface area contributed by atoms with Crippen molar-refractivity contribution in [2.45, 2.75) is 0 Å². The van der Waals surface area contributed by atoms with E-state index in [2.05, 4.69) is 142 Å². The van der Waals surface area contributed by atoms with Crippen molar-refractivity contribution in [2.24, 2.45) is 0 Å². The van der Waals surface area contributed by atoms with Gasteiger partial charge in [-0.2, -0.15) is 0 Å². The van der Waals surface area contributed by atoms with Gasteiger partial charge >= 0.3 is 0 Å². The van der Waals surface area contributed by atoms with Crippen LogP contribution in [0.2, 0.25) is 0 Å². The molecule has 0 amide bonds. The van der Waals surface area contributed by atoms with Gasteiger partial charge in [0.1, 0.15) is 0 Å². The molecule has 188 valence electrons. The number of halogens is 1. The van der Waals surface area contributed by atoms with Gasteiger partial charge in [-0.05, 0) is 52.2 Å². The number of para-hydroxylation sites is 1. The number of hydrogen-bond acceptors (Lipinski definition) is 2. The fourth-order valence-electron chi connectivity index (χ4n) is 5.81. The van der Waals surface area contributed by atoms with Crippen molar-refractivity contribution in [1.29, 1.82) is 0 Å². The Morgan fingerprint density at radius 3 is 2.02 bits per heavy atom. The second kappa shape index (κ2) is 9.15. The summed E-state index contributed by atoms with van der Waals surface area (Å²) in [5, 5.41) is 5.85. The van der Waals surface area contributed by atoms with Crippen molar-refractivity contribution in [3.05, 3.63) is 138 Å². The van der Waals surface area contributed by atoms with Gasteiger partial charge in [-0.25, -0.2) is 9.97 Å². The summed E-state index contributed by atoms with van der Waals surface area (Å²) in [5.74, 6) is 0.665. The van der Waals surface area contributed by atoms with Crippen molar-refractivity contribution < 1.29 is 0 Å². The van der Waals surface area contributed by atoms with E-state index in [1.54, 1.807) is 0 Å². The van der Waals surface area contributed by atoms with E-state index < -0.39 is 0 Å². The number of hydrogen-bond donors (Lipinski definition) is 0. The standard InChI is InChI=1S/C36H22BrN3/c37-27-19-21-32-30(22-27)34-28-11-5-4-10-25(28)18-20-33(34)40(32)36-38-31-13-7-6-12-29(31)35(39-36)26-16-14-24(15-17-26)23-8-2-1-3-9-23/h1-22H. The molecular formula is C36H22BrN3. The third-order valence-electron chi connectivity index (χ3n) is 7.67. The van der Waals surface area contributed by atoms with Crippen LogP contribution in [0.1, 0.15) is 0 Å². The van der Waals surface area contributed by atoms with E-state index in [0.29, 0.717) is 5.95 Å². The molecular weight excluding hydrogens is 554 g/mol. The lowest BCUT2D eigenvalue weighted by Crippen LogP contribution is -2.03. The Morgan fingerprint density at radius 1 is 0.500 bits per heavy atom. The number of benzene rings is 6. The van der Waals surface area contributed by atoms with Gasteiger partial charge in [0.25, 0.3) is 0 Å². The molecule has 8 aromatic rings. The molecule has 2 heterocycles. The normalized spacial score (nSPS) is 11.6. The van der Waals surface area contributed by atoms with Crippen LogP contribution < -0.4 is 0 Å². The molecule has 0 saturated heterocycles. The van der Waals surface area contributed by atoms with Crippen LogP contribution in [0, 0.1) is 0 Å². The zero-order chi connectivity index (χ0) is 26.6. The maximum absolute atomic E-state index is 5.26. The zero-order valence-corrected chi connectivity index (χ0v) is 23.0. The summed E-state index contributed by atoms with van der Waals surface area (Å²) in [6.45, 7) is 0. The maximum atomic E-state index is 5.26. The summed E-state index contributed by atoms with van der Waals surface area (Å²) in [6.07, 6.45) is 0. The molecule has 8 rings (SSSR count). The van der Waals surface area contributed by atoms with Crippen LogP contribution >= 0.6 is 15.9 Å². The summed E-state index contributed by atoms with van der Waals surface area (Å²) >= 11 is 3.70. The summed E-state index contributed by atoms with van der Waals surface area (Å²) in [6, 6.07) is 46.8. The lowest BCUT2D eigenvalue weighted by molar-refractivity contribution is 1.01. The van der Waals surface area contributed by atoms with Crippen LogP contribution in [-0.2, 0) is 0 Å². The van der Waals surface area contributed by atoms with Crippen LogP contribution in [0.15, 0.2) is 138 Å². The number of rotatable bonds is 3. The van der Waals surface area contributed by atoms with E-state index >= 15 is 0 Å². The first-order valence-electron chi connectivity index (χ1n) is 13.3. The lowest BCUT2D eigenvalue weighted by Gasteiger charge is -2.12. The SMILES string of the molecule is Brc1ccc2c(c1)c1c3ccccc3ccc1n2-c1nc(-c2ccc(-c3ccccc3)cc2)c2ccccc2n1. The van der Waals surface area contributed by atoms with Crippen molar-refractivity contribution >= 4 is 59.4 Å². The minimum absolute atomic E-state index is 0.665. The quantitative estimate of drug-likeness (QED) is 0.210. The van der Waals surface area contributed by atoms with Crippen LogP contribution in [0.4, 0.5) is 0 Å². The molecule has 3 nitrogen and oxygen atoms in total. The molecule has 0 unspecified atom stereocenters. The fraction of sp³-hybridized carbons (Fsp3) is 0. The first kappa shape index (κ1) is 23.1. The number of aromatic nitrogens is 3. The van der Waals surface area contributed by atoms with Crippen LogP contribution in [0.25, 0.3) is 71.8 Å². The first-order chi connectivity index (χ1) is 19.7. The minimum Gasteiger partial charge on any atom is -0.278 e. The Labute approximate surface area is 239 Å². The topological polar surface area (TPSA) is 30.7 Å². The molecule has 0 spiro atoms. The highest BCUT2D eigenvalue weighted by molar-refractivity contribution is 9.10. The Balaban J connectivity index is 1.41. The minimum atomic E-state index is 0.665. The average molecular weight is 576 g/mol. The van der Waals surface area contributed by atoms with Crippen LogP contribution in [0.3, 0.4) is 0 Å². The predicted octanol–water partition coefficient (Wildman–Crippen LogP) is 9.98. The summed E-state index contributed by atoms with van der Waals surface area (Å²) in [4.78, 5) is 10.4.